The number of nitrogens with zero attached hydrogens (tertiary/aromatic N) is 1. The van der Waals surface area contributed by atoms with E-state index >= 15 is 0 Å². The van der Waals surface area contributed by atoms with E-state index in [9.17, 15) is 0 Å². The van der Waals surface area contributed by atoms with Crippen LogP contribution in [-0.4, -0.2) is 24.2 Å². The molecule has 102 valence electrons. The van der Waals surface area contributed by atoms with E-state index in [1.54, 1.807) is 0 Å². The molecule has 1 N–H and O–H groups in total. The molecule has 0 aliphatic rings. The van der Waals surface area contributed by atoms with Gasteiger partial charge in [0.1, 0.15) is 11.9 Å². The highest BCUT2D eigenvalue weighted by atomic mass is 16.5. The van der Waals surface area contributed by atoms with Gasteiger partial charge in [0.15, 0.2) is 0 Å². The molecule has 0 bridgehead atoms. The topological polar surface area (TPSA) is 34.1 Å². The molecular formula is C16H22N2O. The monoisotopic (exact) mass is 258 g/mol. The molecule has 1 atom stereocenters. The molecule has 1 aromatic heterocycles. The van der Waals surface area contributed by atoms with Crippen molar-refractivity contribution in [3.05, 3.63) is 36.5 Å². The molecule has 3 heteroatoms. The quantitative estimate of drug-likeness (QED) is 0.773. The molecule has 0 radical (unpaired) electrons. The van der Waals surface area contributed by atoms with Crippen molar-refractivity contribution in [2.75, 3.05) is 13.1 Å². The molecule has 1 heterocycles. The van der Waals surface area contributed by atoms with Crippen LogP contribution in [0.15, 0.2) is 36.5 Å². The Kier molecular flexibility index (Phi) is 5.16. The third-order valence-electron chi connectivity index (χ3n) is 3.15. The highest BCUT2D eigenvalue weighted by molar-refractivity contribution is 5.84. The molecule has 3 nitrogen and oxygen atoms in total. The summed E-state index contributed by atoms with van der Waals surface area (Å²) < 4.78 is 6.12. The van der Waals surface area contributed by atoms with Crippen molar-refractivity contribution in [2.45, 2.75) is 32.8 Å². The standard InChI is InChI=1S/C16H22N2O/c1-3-10-17-12-13(4-2)19-16-9-5-8-15-14(16)7-6-11-18-15/h5-9,11,13,17H,3-4,10,12H2,1-2H3. The van der Waals surface area contributed by atoms with Crippen LogP contribution >= 0.6 is 0 Å². The molecule has 0 aliphatic heterocycles. The zero-order valence-electron chi connectivity index (χ0n) is 11.7. The number of fused-ring (bicyclic) bond motifs is 1. The Labute approximate surface area is 115 Å². The zero-order chi connectivity index (χ0) is 13.5. The molecule has 0 aliphatic carbocycles. The predicted octanol–water partition coefficient (Wildman–Crippen LogP) is 3.39. The molecule has 0 fully saturated rings. The Morgan fingerprint density at radius 1 is 1.21 bits per heavy atom. The first-order valence-corrected chi connectivity index (χ1v) is 7.06. The Morgan fingerprint density at radius 3 is 2.89 bits per heavy atom. The fourth-order valence-electron chi connectivity index (χ4n) is 2.07. The fraction of sp³-hybridized carbons (Fsp3) is 0.438. The summed E-state index contributed by atoms with van der Waals surface area (Å²) in [4.78, 5) is 4.35. The number of benzene rings is 1. The van der Waals surface area contributed by atoms with E-state index in [4.69, 9.17) is 4.74 Å². The van der Waals surface area contributed by atoms with Gasteiger partial charge in [-0.1, -0.05) is 19.9 Å². The van der Waals surface area contributed by atoms with Crippen LogP contribution in [0.3, 0.4) is 0 Å². The first kappa shape index (κ1) is 13.8. The van der Waals surface area contributed by atoms with Gasteiger partial charge >= 0.3 is 0 Å². The number of hydrogen-bond donors (Lipinski definition) is 1. The van der Waals surface area contributed by atoms with Gasteiger partial charge in [0.05, 0.1) is 5.52 Å². The van der Waals surface area contributed by atoms with Gasteiger partial charge in [0.25, 0.3) is 0 Å². The maximum absolute atomic E-state index is 6.12. The second kappa shape index (κ2) is 7.10. The predicted molar refractivity (Wildman–Crippen MR) is 79.6 cm³/mol. The van der Waals surface area contributed by atoms with Gasteiger partial charge in [0.2, 0.25) is 0 Å². The number of aromatic nitrogens is 1. The van der Waals surface area contributed by atoms with Crippen molar-refractivity contribution in [3.63, 3.8) is 0 Å². The average Bonchev–Trinajstić information content (AvgIpc) is 2.46. The Bertz CT molecular complexity index is 508. The van der Waals surface area contributed by atoms with E-state index < -0.39 is 0 Å². The van der Waals surface area contributed by atoms with E-state index in [-0.39, 0.29) is 6.10 Å². The summed E-state index contributed by atoms with van der Waals surface area (Å²) in [5.41, 5.74) is 0.983. The van der Waals surface area contributed by atoms with Crippen molar-refractivity contribution < 1.29 is 4.74 Å². The lowest BCUT2D eigenvalue weighted by molar-refractivity contribution is 0.196. The highest BCUT2D eigenvalue weighted by Crippen LogP contribution is 2.24. The van der Waals surface area contributed by atoms with Crippen molar-refractivity contribution in [1.29, 1.82) is 0 Å². The van der Waals surface area contributed by atoms with Crippen LogP contribution in [0.1, 0.15) is 26.7 Å². The summed E-state index contributed by atoms with van der Waals surface area (Å²) in [5, 5.41) is 4.50. The summed E-state index contributed by atoms with van der Waals surface area (Å²) in [6.07, 6.45) is 4.16. The van der Waals surface area contributed by atoms with Gasteiger partial charge in [-0.3, -0.25) is 4.98 Å². The van der Waals surface area contributed by atoms with Crippen LogP contribution in [-0.2, 0) is 0 Å². The van der Waals surface area contributed by atoms with Crippen molar-refractivity contribution in [2.24, 2.45) is 0 Å². The smallest absolute Gasteiger partial charge is 0.129 e. The summed E-state index contributed by atoms with van der Waals surface area (Å²) in [6.45, 7) is 6.25. The molecule has 1 aromatic carbocycles. The van der Waals surface area contributed by atoms with Gasteiger partial charge in [-0.05, 0) is 43.7 Å². The Hall–Kier alpha value is -1.61. The lowest BCUT2D eigenvalue weighted by atomic mass is 10.2. The summed E-state index contributed by atoms with van der Waals surface area (Å²) >= 11 is 0. The maximum Gasteiger partial charge on any atom is 0.129 e. The highest BCUT2D eigenvalue weighted by Gasteiger charge is 2.10. The van der Waals surface area contributed by atoms with Crippen LogP contribution < -0.4 is 10.1 Å². The summed E-state index contributed by atoms with van der Waals surface area (Å²) in [6, 6.07) is 10.0. The molecule has 0 saturated heterocycles. The van der Waals surface area contributed by atoms with Crippen LogP contribution in [0, 0.1) is 0 Å². The molecule has 0 spiro atoms. The lowest BCUT2D eigenvalue weighted by Gasteiger charge is -2.19. The number of pyridine rings is 1. The van der Waals surface area contributed by atoms with Gasteiger partial charge in [-0.15, -0.1) is 0 Å². The normalized spacial score (nSPS) is 12.5. The van der Waals surface area contributed by atoms with E-state index in [1.165, 1.54) is 0 Å². The van der Waals surface area contributed by atoms with E-state index in [1.807, 2.05) is 30.5 Å². The first-order valence-electron chi connectivity index (χ1n) is 7.06. The summed E-state index contributed by atoms with van der Waals surface area (Å²) in [7, 11) is 0. The van der Waals surface area contributed by atoms with Crippen LogP contribution in [0.5, 0.6) is 5.75 Å². The van der Waals surface area contributed by atoms with E-state index in [0.29, 0.717) is 0 Å². The number of nitrogens with one attached hydrogen (secondary N) is 1. The van der Waals surface area contributed by atoms with Gasteiger partial charge < -0.3 is 10.1 Å². The number of hydrogen-bond acceptors (Lipinski definition) is 3. The lowest BCUT2D eigenvalue weighted by Crippen LogP contribution is -2.31. The first-order chi connectivity index (χ1) is 9.35. The van der Waals surface area contributed by atoms with Crippen molar-refractivity contribution >= 4 is 10.9 Å². The molecule has 0 saturated carbocycles. The second-order valence-corrected chi connectivity index (χ2v) is 4.68. The molecule has 0 amide bonds. The van der Waals surface area contributed by atoms with Gasteiger partial charge in [0, 0.05) is 18.1 Å². The van der Waals surface area contributed by atoms with E-state index in [0.717, 1.165) is 42.6 Å². The minimum Gasteiger partial charge on any atom is -0.488 e. The Balaban J connectivity index is 2.10. The van der Waals surface area contributed by atoms with Crippen LogP contribution in [0.2, 0.25) is 0 Å². The van der Waals surface area contributed by atoms with Crippen LogP contribution in [0.25, 0.3) is 10.9 Å². The minimum atomic E-state index is 0.206. The van der Waals surface area contributed by atoms with E-state index in [2.05, 4.69) is 30.2 Å². The van der Waals surface area contributed by atoms with Crippen molar-refractivity contribution in [1.82, 2.24) is 10.3 Å². The number of ether oxygens (including phenoxy) is 1. The third kappa shape index (κ3) is 3.67. The molecule has 19 heavy (non-hydrogen) atoms. The maximum atomic E-state index is 6.12. The molecular weight excluding hydrogens is 236 g/mol. The molecule has 2 aromatic rings. The van der Waals surface area contributed by atoms with Crippen molar-refractivity contribution in [3.8, 4) is 5.75 Å². The van der Waals surface area contributed by atoms with Gasteiger partial charge in [-0.2, -0.15) is 0 Å². The molecule has 2 rings (SSSR count). The SMILES string of the molecule is CCCNCC(CC)Oc1cccc2ncccc12. The Morgan fingerprint density at radius 2 is 2.11 bits per heavy atom. The third-order valence-corrected chi connectivity index (χ3v) is 3.15. The second-order valence-electron chi connectivity index (χ2n) is 4.68. The average molecular weight is 258 g/mol. The van der Waals surface area contributed by atoms with Crippen LogP contribution in [0.4, 0.5) is 0 Å². The summed E-state index contributed by atoms with van der Waals surface area (Å²) in [5.74, 6) is 0.927. The largest absolute Gasteiger partial charge is 0.488 e. The number of rotatable bonds is 7. The minimum absolute atomic E-state index is 0.206. The zero-order valence-corrected chi connectivity index (χ0v) is 11.7. The fourth-order valence-corrected chi connectivity index (χ4v) is 2.07. The molecule has 1 unspecified atom stereocenters. The van der Waals surface area contributed by atoms with Gasteiger partial charge in [-0.25, -0.2) is 0 Å².